The largest absolute Gasteiger partial charge is 0.496 e. The van der Waals surface area contributed by atoms with Gasteiger partial charge >= 0.3 is 0 Å². The molecule has 0 radical (unpaired) electrons. The summed E-state index contributed by atoms with van der Waals surface area (Å²) in [5.41, 5.74) is 2.89. The molecule has 0 bridgehead atoms. The number of aryl methyl sites for hydroxylation is 1. The lowest BCUT2D eigenvalue weighted by Gasteiger charge is -2.10. The third kappa shape index (κ3) is 3.30. The van der Waals surface area contributed by atoms with E-state index in [4.69, 9.17) is 4.74 Å². The van der Waals surface area contributed by atoms with Gasteiger partial charge in [-0.15, -0.1) is 5.10 Å². The third-order valence-electron chi connectivity index (χ3n) is 4.32. The molecule has 1 unspecified atom stereocenters. The fourth-order valence-electron chi connectivity index (χ4n) is 2.99. The molecule has 132 valence electrons. The highest BCUT2D eigenvalue weighted by Gasteiger charge is 2.26. The summed E-state index contributed by atoms with van der Waals surface area (Å²) in [6.45, 7) is 0. The van der Waals surface area contributed by atoms with Gasteiger partial charge in [0.25, 0.3) is 0 Å². The van der Waals surface area contributed by atoms with Crippen LogP contribution >= 0.6 is 11.8 Å². The van der Waals surface area contributed by atoms with Gasteiger partial charge in [-0.25, -0.2) is 4.98 Å². The molecule has 1 aromatic heterocycles. The maximum Gasteiger partial charge on any atom is 0.237 e. The minimum atomic E-state index is -0.233. The number of hydrogen-bond donors (Lipinski definition) is 2. The molecular formula is C19H18N4O2S. The molecule has 0 spiro atoms. The van der Waals surface area contributed by atoms with Crippen LogP contribution in [-0.4, -0.2) is 33.4 Å². The number of thioether (sulfide) groups is 1. The smallest absolute Gasteiger partial charge is 0.237 e. The van der Waals surface area contributed by atoms with Crippen molar-refractivity contribution in [3.63, 3.8) is 0 Å². The Kier molecular flexibility index (Phi) is 4.62. The van der Waals surface area contributed by atoms with Gasteiger partial charge in [-0.3, -0.25) is 9.89 Å². The first-order valence-electron chi connectivity index (χ1n) is 8.36. The molecule has 7 heteroatoms. The van der Waals surface area contributed by atoms with Gasteiger partial charge in [-0.2, -0.15) is 0 Å². The molecule has 1 aliphatic rings. The molecular weight excluding hydrogens is 348 g/mol. The van der Waals surface area contributed by atoms with Gasteiger partial charge in [0.05, 0.1) is 17.9 Å². The van der Waals surface area contributed by atoms with Crippen molar-refractivity contribution in [3.05, 3.63) is 54.1 Å². The van der Waals surface area contributed by atoms with Gasteiger partial charge in [0.1, 0.15) is 5.75 Å². The van der Waals surface area contributed by atoms with Crippen molar-refractivity contribution >= 4 is 23.4 Å². The summed E-state index contributed by atoms with van der Waals surface area (Å²) in [6.07, 6.45) is 1.59. The van der Waals surface area contributed by atoms with E-state index in [9.17, 15) is 4.79 Å². The Morgan fingerprint density at radius 1 is 1.15 bits per heavy atom. The summed E-state index contributed by atoms with van der Waals surface area (Å²) in [7, 11) is 1.62. The first kappa shape index (κ1) is 16.7. The number of rotatable bonds is 4. The second kappa shape index (κ2) is 7.21. The number of benzene rings is 2. The number of para-hydroxylation sites is 2. The van der Waals surface area contributed by atoms with Crippen molar-refractivity contribution in [3.8, 4) is 17.1 Å². The molecule has 1 amide bonds. The Hall–Kier alpha value is -2.80. The van der Waals surface area contributed by atoms with Crippen molar-refractivity contribution in [1.29, 1.82) is 0 Å². The fourth-order valence-corrected chi connectivity index (χ4v) is 3.89. The highest BCUT2D eigenvalue weighted by Crippen LogP contribution is 2.32. The van der Waals surface area contributed by atoms with Gasteiger partial charge in [0.15, 0.2) is 5.82 Å². The number of nitrogens with one attached hydrogen (secondary N) is 2. The lowest BCUT2D eigenvalue weighted by Crippen LogP contribution is -2.23. The number of anilines is 1. The van der Waals surface area contributed by atoms with Crippen LogP contribution in [0, 0.1) is 0 Å². The molecule has 1 atom stereocenters. The molecule has 0 saturated carbocycles. The number of ether oxygens (including phenoxy) is 1. The number of amides is 1. The Morgan fingerprint density at radius 2 is 1.96 bits per heavy atom. The number of carbonyl (C=O) groups excluding carboxylic acids is 1. The van der Waals surface area contributed by atoms with E-state index in [2.05, 4.69) is 26.6 Å². The SMILES string of the molecule is COc1ccccc1-c1nc(SC2CCc3ccccc3NC2=O)n[nH]1. The van der Waals surface area contributed by atoms with Crippen LogP contribution in [0.4, 0.5) is 5.69 Å². The number of aromatic amines is 1. The normalized spacial score (nSPS) is 16.5. The number of H-pyrrole nitrogens is 1. The Bertz CT molecular complexity index is 941. The van der Waals surface area contributed by atoms with Crippen LogP contribution in [0.25, 0.3) is 11.4 Å². The summed E-state index contributed by atoms with van der Waals surface area (Å²) >= 11 is 1.38. The van der Waals surface area contributed by atoms with E-state index in [0.717, 1.165) is 35.4 Å². The summed E-state index contributed by atoms with van der Waals surface area (Å²) in [6, 6.07) is 15.5. The van der Waals surface area contributed by atoms with Crippen LogP contribution in [0.5, 0.6) is 5.75 Å². The van der Waals surface area contributed by atoms with E-state index in [-0.39, 0.29) is 11.2 Å². The molecule has 2 N–H and O–H groups in total. The van der Waals surface area contributed by atoms with E-state index in [1.807, 2.05) is 42.5 Å². The molecule has 4 rings (SSSR count). The maximum absolute atomic E-state index is 12.5. The molecule has 2 aromatic carbocycles. The van der Waals surface area contributed by atoms with Gasteiger partial charge < -0.3 is 10.1 Å². The standard InChI is InChI=1S/C19H18N4O2S/c1-25-15-9-5-3-7-13(15)17-21-19(23-22-17)26-16-11-10-12-6-2-4-8-14(12)20-18(16)24/h2-9,16H,10-11H2,1H3,(H,20,24)(H,21,22,23). The third-order valence-corrected chi connectivity index (χ3v) is 5.45. The number of aromatic nitrogens is 3. The van der Waals surface area contributed by atoms with Crippen molar-refractivity contribution in [2.45, 2.75) is 23.2 Å². The average Bonchev–Trinajstić information content (AvgIpc) is 3.08. The minimum Gasteiger partial charge on any atom is -0.496 e. The number of methoxy groups -OCH3 is 1. The van der Waals surface area contributed by atoms with Crippen molar-refractivity contribution in [2.75, 3.05) is 12.4 Å². The predicted octanol–water partition coefficient (Wildman–Crippen LogP) is 3.53. The van der Waals surface area contributed by atoms with Gasteiger partial charge in [0, 0.05) is 5.69 Å². The lowest BCUT2D eigenvalue weighted by molar-refractivity contribution is -0.115. The second-order valence-electron chi connectivity index (χ2n) is 5.96. The summed E-state index contributed by atoms with van der Waals surface area (Å²) in [4.78, 5) is 17.1. The minimum absolute atomic E-state index is 0.0106. The molecule has 26 heavy (non-hydrogen) atoms. The van der Waals surface area contributed by atoms with Crippen LogP contribution in [0.2, 0.25) is 0 Å². The molecule has 1 aliphatic heterocycles. The Labute approximate surface area is 155 Å². The molecule has 0 fully saturated rings. The zero-order chi connectivity index (χ0) is 17.9. The molecule has 6 nitrogen and oxygen atoms in total. The van der Waals surface area contributed by atoms with E-state index in [0.29, 0.717) is 11.0 Å². The lowest BCUT2D eigenvalue weighted by atomic mass is 10.1. The summed E-state index contributed by atoms with van der Waals surface area (Å²) in [5, 5.41) is 10.5. The van der Waals surface area contributed by atoms with Crippen LogP contribution < -0.4 is 10.1 Å². The first-order valence-corrected chi connectivity index (χ1v) is 9.24. The van der Waals surface area contributed by atoms with Gasteiger partial charge in [0.2, 0.25) is 11.1 Å². The van der Waals surface area contributed by atoms with Crippen LogP contribution in [-0.2, 0) is 11.2 Å². The number of nitrogens with zero attached hydrogens (tertiary/aromatic N) is 2. The van der Waals surface area contributed by atoms with Crippen molar-refractivity contribution < 1.29 is 9.53 Å². The highest BCUT2D eigenvalue weighted by molar-refractivity contribution is 8.00. The topological polar surface area (TPSA) is 79.9 Å². The Balaban J connectivity index is 1.52. The average molecular weight is 366 g/mol. The fraction of sp³-hybridized carbons (Fsp3) is 0.211. The number of carbonyl (C=O) groups is 1. The van der Waals surface area contributed by atoms with Crippen LogP contribution in [0.1, 0.15) is 12.0 Å². The van der Waals surface area contributed by atoms with E-state index < -0.39 is 0 Å². The zero-order valence-electron chi connectivity index (χ0n) is 14.2. The summed E-state index contributed by atoms with van der Waals surface area (Å²) < 4.78 is 5.37. The molecule has 3 aromatic rings. The van der Waals surface area contributed by atoms with Crippen molar-refractivity contribution in [1.82, 2.24) is 15.2 Å². The molecule has 0 saturated heterocycles. The highest BCUT2D eigenvalue weighted by atomic mass is 32.2. The van der Waals surface area contributed by atoms with Crippen molar-refractivity contribution in [2.24, 2.45) is 0 Å². The zero-order valence-corrected chi connectivity index (χ0v) is 15.0. The van der Waals surface area contributed by atoms with Crippen LogP contribution in [0.15, 0.2) is 53.7 Å². The van der Waals surface area contributed by atoms with E-state index in [1.54, 1.807) is 7.11 Å². The monoisotopic (exact) mass is 366 g/mol. The quantitative estimate of drug-likeness (QED) is 0.738. The second-order valence-corrected chi connectivity index (χ2v) is 7.13. The first-order chi connectivity index (χ1) is 12.7. The number of hydrogen-bond acceptors (Lipinski definition) is 5. The van der Waals surface area contributed by atoms with E-state index >= 15 is 0 Å². The molecule has 2 heterocycles. The van der Waals surface area contributed by atoms with Crippen LogP contribution in [0.3, 0.4) is 0 Å². The van der Waals surface area contributed by atoms with Gasteiger partial charge in [-0.1, -0.05) is 42.1 Å². The maximum atomic E-state index is 12.5. The van der Waals surface area contributed by atoms with E-state index in [1.165, 1.54) is 11.8 Å². The number of fused-ring (bicyclic) bond motifs is 1. The summed E-state index contributed by atoms with van der Waals surface area (Å²) in [5.74, 6) is 1.34. The predicted molar refractivity (Wildman–Crippen MR) is 101 cm³/mol. The molecule has 0 aliphatic carbocycles. The Morgan fingerprint density at radius 3 is 2.85 bits per heavy atom. The van der Waals surface area contributed by atoms with Gasteiger partial charge in [-0.05, 0) is 36.6 Å².